The van der Waals surface area contributed by atoms with Crippen LogP contribution in [0, 0.1) is 0 Å². The molecule has 0 heterocycles. The van der Waals surface area contributed by atoms with E-state index in [1.54, 1.807) is 0 Å². The molecule has 0 aromatic heterocycles. The summed E-state index contributed by atoms with van der Waals surface area (Å²) in [6.45, 7) is 21.7. The zero-order chi connectivity index (χ0) is 20.3. The summed E-state index contributed by atoms with van der Waals surface area (Å²) in [5.74, 6) is -0.531. The van der Waals surface area contributed by atoms with Crippen molar-refractivity contribution in [3.8, 4) is 0 Å². The molecule has 5 nitrogen and oxygen atoms in total. The van der Waals surface area contributed by atoms with Gasteiger partial charge in [0.05, 0.1) is 7.11 Å². The Hall–Kier alpha value is -0.0125. The molecule has 0 saturated heterocycles. The highest BCUT2D eigenvalue weighted by Gasteiger charge is 2.64. The fourth-order valence-electron chi connectivity index (χ4n) is 3.11. The predicted octanol–water partition coefficient (Wildman–Crippen LogP) is 3.22. The van der Waals surface area contributed by atoms with Crippen molar-refractivity contribution in [2.45, 2.75) is 65.3 Å². The molecule has 0 fully saturated rings. The summed E-state index contributed by atoms with van der Waals surface area (Å²) >= 11 is 0. The van der Waals surface area contributed by atoms with E-state index in [0.29, 0.717) is 0 Å². The summed E-state index contributed by atoms with van der Waals surface area (Å²) in [5.41, 5.74) is 0. The number of rotatable bonds is 10. The SMILES string of the molecule is C=CC(=O)OCCNS(=O)(=O)[Si](C)(CC)[Si](C)(C)[Si](C)(C)[Si](C)(C)C. The Morgan fingerprint density at radius 3 is 1.88 bits per heavy atom. The highest BCUT2D eigenvalue weighted by molar-refractivity contribution is 8.31. The van der Waals surface area contributed by atoms with Gasteiger partial charge < -0.3 is 4.74 Å². The molecule has 0 aromatic carbocycles. The van der Waals surface area contributed by atoms with E-state index in [-0.39, 0.29) is 13.2 Å². The van der Waals surface area contributed by atoms with Gasteiger partial charge in [-0.15, -0.1) is 0 Å². The molecular formula is C15H37NO4SSi4. The Kier molecular flexibility index (Phi) is 8.33. The Labute approximate surface area is 157 Å². The molecule has 0 aliphatic carbocycles. The molecule has 0 radical (unpaired) electrons. The lowest BCUT2D eigenvalue weighted by Crippen LogP contribution is -2.81. The van der Waals surface area contributed by atoms with Crippen molar-refractivity contribution in [2.75, 3.05) is 13.2 Å². The van der Waals surface area contributed by atoms with Gasteiger partial charge in [0.2, 0.25) is 0 Å². The van der Waals surface area contributed by atoms with Gasteiger partial charge in [-0.2, -0.15) is 0 Å². The first kappa shape index (κ1) is 25.0. The first-order valence-electron chi connectivity index (χ1n) is 8.80. The molecule has 0 aliphatic heterocycles. The number of nitrogens with one attached hydrogen (secondary N) is 1. The number of esters is 1. The Morgan fingerprint density at radius 2 is 1.52 bits per heavy atom. The molecule has 10 heteroatoms. The Morgan fingerprint density at radius 1 is 1.04 bits per heavy atom. The first-order valence-corrected chi connectivity index (χ1v) is 26.2. The van der Waals surface area contributed by atoms with Gasteiger partial charge in [-0.05, 0) is 6.04 Å². The molecule has 0 aliphatic rings. The lowest BCUT2D eigenvalue weighted by atomic mass is 10.6. The molecule has 0 aromatic rings. The van der Waals surface area contributed by atoms with Crippen LogP contribution in [0.4, 0.5) is 0 Å². The molecule has 25 heavy (non-hydrogen) atoms. The molecule has 0 spiro atoms. The molecule has 0 bridgehead atoms. The third-order valence-corrected chi connectivity index (χ3v) is 87.8. The van der Waals surface area contributed by atoms with Crippen LogP contribution in [0.5, 0.6) is 0 Å². The maximum Gasteiger partial charge on any atom is 0.330 e. The lowest BCUT2D eigenvalue weighted by Gasteiger charge is -2.53. The van der Waals surface area contributed by atoms with E-state index in [2.05, 4.69) is 63.7 Å². The third-order valence-electron chi connectivity index (χ3n) is 6.83. The number of ether oxygens (including phenoxy) is 1. The first-order chi connectivity index (χ1) is 11.0. The van der Waals surface area contributed by atoms with Crippen molar-refractivity contribution in [1.82, 2.24) is 4.72 Å². The van der Waals surface area contributed by atoms with Crippen LogP contribution in [0.15, 0.2) is 12.7 Å². The van der Waals surface area contributed by atoms with Crippen LogP contribution in [0.1, 0.15) is 6.92 Å². The van der Waals surface area contributed by atoms with Crippen LogP contribution in [-0.4, -0.2) is 56.1 Å². The second kappa shape index (κ2) is 8.34. The highest BCUT2D eigenvalue weighted by atomic mass is 32.4. The van der Waals surface area contributed by atoms with Gasteiger partial charge >= 0.3 is 5.97 Å². The van der Waals surface area contributed by atoms with E-state index in [1.807, 2.05) is 6.92 Å². The molecule has 0 rings (SSSR count). The van der Waals surface area contributed by atoms with E-state index in [0.717, 1.165) is 12.1 Å². The fraction of sp³-hybridized carbons (Fsp3) is 0.800. The van der Waals surface area contributed by atoms with Gasteiger partial charge in [-0.1, -0.05) is 65.9 Å². The lowest BCUT2D eigenvalue weighted by molar-refractivity contribution is -0.137. The van der Waals surface area contributed by atoms with E-state index in [4.69, 9.17) is 4.74 Å². The monoisotopic (exact) mass is 439 g/mol. The van der Waals surface area contributed by atoms with Crippen LogP contribution in [0.3, 0.4) is 0 Å². The van der Waals surface area contributed by atoms with E-state index in [1.165, 1.54) is 0 Å². The zero-order valence-electron chi connectivity index (χ0n) is 17.4. The zero-order valence-corrected chi connectivity index (χ0v) is 22.3. The summed E-state index contributed by atoms with van der Waals surface area (Å²) in [4.78, 5) is 11.1. The third kappa shape index (κ3) is 4.83. The second-order valence-electron chi connectivity index (χ2n) is 8.85. The minimum Gasteiger partial charge on any atom is -0.461 e. The molecular weight excluding hydrogens is 403 g/mol. The fourth-order valence-corrected chi connectivity index (χ4v) is 93.2. The van der Waals surface area contributed by atoms with Crippen molar-refractivity contribution in [3.63, 3.8) is 0 Å². The van der Waals surface area contributed by atoms with Crippen molar-refractivity contribution in [2.24, 2.45) is 0 Å². The number of hydrogen-bond acceptors (Lipinski definition) is 4. The standard InChI is InChI=1S/C15H37NO4SSi4/c1-11-15(17)20-14-13-16-21(18,19)25(10,12-2)24(8,9)23(6,7)22(3,4)5/h11,16H,1,12-14H2,2-10H3. The van der Waals surface area contributed by atoms with Gasteiger partial charge in [-0.25, -0.2) is 17.9 Å². The van der Waals surface area contributed by atoms with Crippen LogP contribution in [-0.2, 0) is 19.0 Å². The van der Waals surface area contributed by atoms with Gasteiger partial charge in [0.15, 0.2) is 16.2 Å². The van der Waals surface area contributed by atoms with E-state index >= 15 is 0 Å². The largest absolute Gasteiger partial charge is 0.461 e. The van der Waals surface area contributed by atoms with Crippen molar-refractivity contribution in [3.05, 3.63) is 12.7 Å². The number of hydrogen-bond donors (Lipinski definition) is 1. The van der Waals surface area contributed by atoms with Gasteiger partial charge in [-0.3, -0.25) is 0 Å². The quantitative estimate of drug-likeness (QED) is 0.245. The summed E-state index contributed by atoms with van der Waals surface area (Å²) in [5, 5.41) is 0. The number of carbonyl (C=O) groups is 1. The Bertz CT molecular complexity index is 599. The van der Waals surface area contributed by atoms with Crippen LogP contribution >= 0.6 is 0 Å². The summed E-state index contributed by atoms with van der Waals surface area (Å²) in [7, 11) is -8.44. The topological polar surface area (TPSA) is 72.5 Å². The maximum absolute atomic E-state index is 13.3. The van der Waals surface area contributed by atoms with E-state index < -0.39 is 44.0 Å². The summed E-state index contributed by atoms with van der Waals surface area (Å²) < 4.78 is 34.2. The van der Waals surface area contributed by atoms with Gasteiger partial charge in [0.1, 0.15) is 6.61 Å². The Balaban J connectivity index is 5.62. The molecule has 1 atom stereocenters. The average molecular weight is 440 g/mol. The van der Waals surface area contributed by atoms with Crippen LogP contribution in [0.25, 0.3) is 0 Å². The average Bonchev–Trinajstić information content (AvgIpc) is 2.48. The minimum atomic E-state index is -3.39. The highest BCUT2D eigenvalue weighted by Crippen LogP contribution is 2.39. The maximum atomic E-state index is 13.3. The van der Waals surface area contributed by atoms with Crippen molar-refractivity contribution in [1.29, 1.82) is 0 Å². The summed E-state index contributed by atoms with van der Waals surface area (Å²) in [6, 6.07) is 0.731. The minimum absolute atomic E-state index is 0.0368. The molecule has 1 N–H and O–H groups in total. The number of carbonyl (C=O) groups excluding carboxylic acids is 1. The van der Waals surface area contributed by atoms with Crippen molar-refractivity contribution >= 4 is 44.0 Å². The predicted molar refractivity (Wildman–Crippen MR) is 118 cm³/mol. The molecule has 0 amide bonds. The normalized spacial score (nSPS) is 16.2. The van der Waals surface area contributed by atoms with Gasteiger partial charge in [0.25, 0.3) is 0 Å². The van der Waals surface area contributed by atoms with Crippen molar-refractivity contribution < 1.29 is 17.9 Å². The summed E-state index contributed by atoms with van der Waals surface area (Å²) in [6.07, 6.45) is 1.08. The van der Waals surface area contributed by atoms with Crippen LogP contribution in [0.2, 0.25) is 58.4 Å². The second-order valence-corrected chi connectivity index (χ2v) is 55.5. The smallest absolute Gasteiger partial charge is 0.330 e. The molecule has 0 saturated carbocycles. The van der Waals surface area contributed by atoms with E-state index in [9.17, 15) is 13.2 Å². The molecule has 1 unspecified atom stereocenters. The van der Waals surface area contributed by atoms with Gasteiger partial charge in [0, 0.05) is 27.3 Å². The molecule has 148 valence electrons. The van der Waals surface area contributed by atoms with Crippen LogP contribution < -0.4 is 4.72 Å².